The first-order valence-corrected chi connectivity index (χ1v) is 4.17. The molecule has 1 aliphatic rings. The van der Waals surface area contributed by atoms with Gasteiger partial charge in [0.15, 0.2) is 0 Å². The summed E-state index contributed by atoms with van der Waals surface area (Å²) < 4.78 is 0. The van der Waals surface area contributed by atoms with Crippen LogP contribution in [-0.2, 0) is 0 Å². The minimum atomic E-state index is 0.719. The third-order valence-corrected chi connectivity index (χ3v) is 2.00. The first-order chi connectivity index (χ1) is 4.93. The van der Waals surface area contributed by atoms with Crippen LogP contribution in [0, 0.1) is 6.42 Å². The Kier molecular flexibility index (Phi) is 3.76. The van der Waals surface area contributed by atoms with Gasteiger partial charge in [0.25, 0.3) is 0 Å². The maximum atomic E-state index is 5.36. The number of rotatable bonds is 3. The van der Waals surface area contributed by atoms with Crippen LogP contribution in [0.2, 0.25) is 0 Å². The lowest BCUT2D eigenvalue weighted by Crippen LogP contribution is -2.31. The molecule has 59 valence electrons. The summed E-state index contributed by atoms with van der Waals surface area (Å²) in [6.45, 7) is 4.36. The Morgan fingerprint density at radius 3 is 2.50 bits per heavy atom. The van der Waals surface area contributed by atoms with Crippen LogP contribution in [0.5, 0.6) is 0 Å². The minimum Gasteiger partial charge on any atom is -0.330 e. The van der Waals surface area contributed by atoms with E-state index in [1.54, 1.807) is 0 Å². The summed E-state index contributed by atoms with van der Waals surface area (Å²) in [5.74, 6) is 0. The second kappa shape index (κ2) is 4.69. The zero-order valence-electron chi connectivity index (χ0n) is 6.55. The molecule has 0 spiro atoms. The van der Waals surface area contributed by atoms with Gasteiger partial charge in [0.05, 0.1) is 0 Å². The van der Waals surface area contributed by atoms with Gasteiger partial charge in [-0.25, -0.2) is 0 Å². The van der Waals surface area contributed by atoms with Crippen molar-refractivity contribution in [1.82, 2.24) is 4.90 Å². The van der Waals surface area contributed by atoms with Crippen LogP contribution in [0.15, 0.2) is 0 Å². The molecule has 0 saturated carbocycles. The highest BCUT2D eigenvalue weighted by Crippen LogP contribution is 2.07. The van der Waals surface area contributed by atoms with Crippen molar-refractivity contribution in [2.75, 3.05) is 26.2 Å². The second-order valence-electron chi connectivity index (χ2n) is 2.89. The lowest BCUT2D eigenvalue weighted by molar-refractivity contribution is 0.244. The molecule has 2 nitrogen and oxygen atoms in total. The Morgan fingerprint density at radius 2 is 1.90 bits per heavy atom. The molecule has 0 aromatic rings. The van der Waals surface area contributed by atoms with Gasteiger partial charge in [-0.2, -0.15) is 0 Å². The molecule has 2 N–H and O–H groups in total. The summed E-state index contributed by atoms with van der Waals surface area (Å²) in [5, 5.41) is 0. The number of likely N-dealkylation sites (tertiary alicyclic amines) is 1. The third kappa shape index (κ3) is 2.67. The molecular weight excluding hydrogens is 124 g/mol. The van der Waals surface area contributed by atoms with Crippen LogP contribution in [-0.4, -0.2) is 31.1 Å². The molecule has 0 atom stereocenters. The molecule has 0 aliphatic carbocycles. The number of hydrogen-bond donors (Lipinski definition) is 1. The molecular formula is C8H17N2. The molecule has 1 heterocycles. The van der Waals surface area contributed by atoms with Crippen LogP contribution in [0.1, 0.15) is 19.3 Å². The van der Waals surface area contributed by atoms with Gasteiger partial charge in [-0.15, -0.1) is 0 Å². The Labute approximate surface area is 63.4 Å². The monoisotopic (exact) mass is 141 g/mol. The molecule has 0 unspecified atom stereocenters. The van der Waals surface area contributed by atoms with E-state index in [4.69, 9.17) is 5.73 Å². The Hall–Kier alpha value is -0.0800. The number of nitrogens with two attached hydrogens (primary N) is 1. The first kappa shape index (κ1) is 8.02. The fourth-order valence-corrected chi connectivity index (χ4v) is 1.40. The molecule has 0 bridgehead atoms. The lowest BCUT2D eigenvalue weighted by Gasteiger charge is -2.25. The molecule has 2 heteroatoms. The molecule has 1 rings (SSSR count). The van der Waals surface area contributed by atoms with Gasteiger partial charge in [0.2, 0.25) is 0 Å². The topological polar surface area (TPSA) is 29.3 Å². The molecule has 1 saturated heterocycles. The predicted molar refractivity (Wildman–Crippen MR) is 43.6 cm³/mol. The Bertz CT molecular complexity index is 77.3. The van der Waals surface area contributed by atoms with Crippen molar-refractivity contribution in [3.63, 3.8) is 0 Å². The van der Waals surface area contributed by atoms with Crippen molar-refractivity contribution in [3.05, 3.63) is 6.42 Å². The van der Waals surface area contributed by atoms with Gasteiger partial charge >= 0.3 is 0 Å². The van der Waals surface area contributed by atoms with Gasteiger partial charge in [0.1, 0.15) is 0 Å². The highest BCUT2D eigenvalue weighted by molar-refractivity contribution is 4.73. The summed E-state index contributed by atoms with van der Waals surface area (Å²) in [7, 11) is 0. The maximum absolute atomic E-state index is 5.36. The Morgan fingerprint density at radius 1 is 1.20 bits per heavy atom. The first-order valence-electron chi connectivity index (χ1n) is 4.17. The van der Waals surface area contributed by atoms with Crippen LogP contribution in [0.25, 0.3) is 0 Å². The largest absolute Gasteiger partial charge is 0.330 e. The lowest BCUT2D eigenvalue weighted by atomic mass is 10.1. The SMILES string of the molecule is NC[CH]CN1CCCCC1. The standard InChI is InChI=1S/C8H17N2/c9-5-4-8-10-6-2-1-3-7-10/h4H,1-3,5-9H2. The molecule has 1 aliphatic heterocycles. The summed E-state index contributed by atoms with van der Waals surface area (Å²) in [4.78, 5) is 2.47. The zero-order chi connectivity index (χ0) is 7.23. The van der Waals surface area contributed by atoms with Crippen molar-refractivity contribution in [3.8, 4) is 0 Å². The normalized spacial score (nSPS) is 21.3. The van der Waals surface area contributed by atoms with Crippen LogP contribution >= 0.6 is 0 Å². The van der Waals surface area contributed by atoms with Crippen LogP contribution in [0.4, 0.5) is 0 Å². The fourth-order valence-electron chi connectivity index (χ4n) is 1.40. The van der Waals surface area contributed by atoms with Crippen molar-refractivity contribution >= 4 is 0 Å². The van der Waals surface area contributed by atoms with E-state index < -0.39 is 0 Å². The third-order valence-electron chi connectivity index (χ3n) is 2.00. The predicted octanol–water partition coefficient (Wildman–Crippen LogP) is 0.635. The summed E-state index contributed by atoms with van der Waals surface area (Å²) in [6.07, 6.45) is 6.31. The quantitative estimate of drug-likeness (QED) is 0.625. The van der Waals surface area contributed by atoms with E-state index in [1.165, 1.54) is 32.4 Å². The average molecular weight is 141 g/mol. The average Bonchev–Trinajstić information content (AvgIpc) is 2.03. The number of hydrogen-bond acceptors (Lipinski definition) is 2. The van der Waals surface area contributed by atoms with Gasteiger partial charge in [0, 0.05) is 6.54 Å². The summed E-state index contributed by atoms with van der Waals surface area (Å²) >= 11 is 0. The number of piperidine rings is 1. The van der Waals surface area contributed by atoms with Crippen LogP contribution in [0.3, 0.4) is 0 Å². The van der Waals surface area contributed by atoms with E-state index in [-0.39, 0.29) is 0 Å². The molecule has 1 radical (unpaired) electrons. The van der Waals surface area contributed by atoms with Crippen molar-refractivity contribution in [2.45, 2.75) is 19.3 Å². The smallest absolute Gasteiger partial charge is 0.00253 e. The molecule has 0 aromatic heterocycles. The fraction of sp³-hybridized carbons (Fsp3) is 0.875. The highest BCUT2D eigenvalue weighted by atomic mass is 15.1. The number of nitrogens with zero attached hydrogens (tertiary/aromatic N) is 1. The zero-order valence-corrected chi connectivity index (χ0v) is 6.55. The van der Waals surface area contributed by atoms with Gasteiger partial charge < -0.3 is 10.6 Å². The van der Waals surface area contributed by atoms with E-state index in [0.717, 1.165) is 13.1 Å². The Balaban J connectivity index is 2.02. The van der Waals surface area contributed by atoms with Crippen molar-refractivity contribution in [2.24, 2.45) is 5.73 Å². The highest BCUT2D eigenvalue weighted by Gasteiger charge is 2.07. The van der Waals surface area contributed by atoms with Crippen molar-refractivity contribution < 1.29 is 0 Å². The van der Waals surface area contributed by atoms with Gasteiger partial charge in [-0.3, -0.25) is 0 Å². The molecule has 0 amide bonds. The molecule has 1 fully saturated rings. The van der Waals surface area contributed by atoms with Crippen LogP contribution < -0.4 is 5.73 Å². The minimum absolute atomic E-state index is 0.719. The van der Waals surface area contributed by atoms with Crippen molar-refractivity contribution in [1.29, 1.82) is 0 Å². The maximum Gasteiger partial charge on any atom is 0.00253 e. The molecule has 0 aromatic carbocycles. The summed E-state index contributed by atoms with van der Waals surface area (Å²) in [6, 6.07) is 0. The molecule has 10 heavy (non-hydrogen) atoms. The van der Waals surface area contributed by atoms with E-state index in [0.29, 0.717) is 0 Å². The van der Waals surface area contributed by atoms with E-state index in [2.05, 4.69) is 11.3 Å². The van der Waals surface area contributed by atoms with E-state index >= 15 is 0 Å². The van der Waals surface area contributed by atoms with E-state index in [9.17, 15) is 0 Å². The van der Waals surface area contributed by atoms with E-state index in [1.807, 2.05) is 0 Å². The second-order valence-corrected chi connectivity index (χ2v) is 2.89. The summed E-state index contributed by atoms with van der Waals surface area (Å²) in [5.41, 5.74) is 5.36. The van der Waals surface area contributed by atoms with Gasteiger partial charge in [-0.05, 0) is 38.9 Å². The van der Waals surface area contributed by atoms with Gasteiger partial charge in [-0.1, -0.05) is 6.42 Å².